The molecular weight excluding hydrogens is 333 g/mol. The number of ether oxygens (including phenoxy) is 1. The Balaban J connectivity index is 1.94. The van der Waals surface area contributed by atoms with Crippen LogP contribution in [0, 0.1) is 5.82 Å². The van der Waals surface area contributed by atoms with Gasteiger partial charge in [0.05, 0.1) is 6.04 Å². The van der Waals surface area contributed by atoms with Gasteiger partial charge in [-0.15, -0.1) is 0 Å². The van der Waals surface area contributed by atoms with Crippen molar-refractivity contribution in [2.45, 2.75) is 31.9 Å². The Labute approximate surface area is 132 Å². The Morgan fingerprint density at radius 3 is 2.76 bits per heavy atom. The van der Waals surface area contributed by atoms with Crippen molar-refractivity contribution in [1.29, 1.82) is 0 Å². The lowest BCUT2D eigenvalue weighted by atomic mass is 9.89. The van der Waals surface area contributed by atoms with E-state index in [1.54, 1.807) is 6.07 Å². The van der Waals surface area contributed by atoms with Crippen molar-refractivity contribution in [2.75, 3.05) is 5.32 Å². The molecule has 0 saturated carbocycles. The molecule has 0 radical (unpaired) electrons. The van der Waals surface area contributed by atoms with Gasteiger partial charge < -0.3 is 10.1 Å². The van der Waals surface area contributed by atoms with Gasteiger partial charge in [-0.2, -0.15) is 0 Å². The molecule has 2 aromatic carbocycles. The Morgan fingerprint density at radius 2 is 2.00 bits per heavy atom. The maximum Gasteiger partial charge on any atom is 0.125 e. The third kappa shape index (κ3) is 3.05. The summed E-state index contributed by atoms with van der Waals surface area (Å²) in [7, 11) is 0. The molecule has 0 saturated heterocycles. The standard InChI is InChI=1S/C17H17BrFNO/c1-17(2)10-15(12-5-3-4-6-16(12)21-17)20-14-8-7-11(19)9-13(14)18/h3-9,15,20H,10H2,1-2H3. The van der Waals surface area contributed by atoms with E-state index in [-0.39, 0.29) is 17.5 Å². The molecule has 1 heterocycles. The van der Waals surface area contributed by atoms with Crippen LogP contribution >= 0.6 is 15.9 Å². The number of benzene rings is 2. The van der Waals surface area contributed by atoms with Gasteiger partial charge >= 0.3 is 0 Å². The first-order chi connectivity index (χ1) is 9.94. The van der Waals surface area contributed by atoms with Crippen molar-refractivity contribution in [3.05, 3.63) is 58.3 Å². The SMILES string of the molecule is CC1(C)CC(Nc2ccc(F)cc2Br)c2ccccc2O1. The van der Waals surface area contributed by atoms with Gasteiger partial charge in [0.1, 0.15) is 17.2 Å². The van der Waals surface area contributed by atoms with Crippen LogP contribution in [0.5, 0.6) is 5.75 Å². The number of hydrogen-bond acceptors (Lipinski definition) is 2. The quantitative estimate of drug-likeness (QED) is 0.793. The summed E-state index contributed by atoms with van der Waals surface area (Å²) >= 11 is 3.41. The summed E-state index contributed by atoms with van der Waals surface area (Å²) < 4.78 is 20.0. The first-order valence-electron chi connectivity index (χ1n) is 6.94. The third-order valence-corrected chi connectivity index (χ3v) is 4.29. The Bertz CT molecular complexity index is 672. The summed E-state index contributed by atoms with van der Waals surface area (Å²) in [4.78, 5) is 0. The molecule has 110 valence electrons. The second kappa shape index (κ2) is 5.34. The van der Waals surface area contributed by atoms with Gasteiger partial charge in [-0.1, -0.05) is 18.2 Å². The lowest BCUT2D eigenvalue weighted by Gasteiger charge is -2.38. The molecule has 1 aliphatic rings. The van der Waals surface area contributed by atoms with Crippen molar-refractivity contribution in [1.82, 2.24) is 0 Å². The van der Waals surface area contributed by atoms with Crippen molar-refractivity contribution < 1.29 is 9.13 Å². The zero-order valence-corrected chi connectivity index (χ0v) is 13.6. The van der Waals surface area contributed by atoms with Crippen LogP contribution in [0.15, 0.2) is 46.9 Å². The minimum absolute atomic E-state index is 0.131. The number of nitrogens with one attached hydrogen (secondary N) is 1. The van der Waals surface area contributed by atoms with Gasteiger partial charge in [-0.05, 0) is 54.0 Å². The molecule has 0 aromatic heterocycles. The van der Waals surface area contributed by atoms with Crippen molar-refractivity contribution in [3.8, 4) is 5.75 Å². The fourth-order valence-electron chi connectivity index (χ4n) is 2.73. The van der Waals surface area contributed by atoms with Gasteiger partial charge in [0.15, 0.2) is 0 Å². The van der Waals surface area contributed by atoms with E-state index >= 15 is 0 Å². The number of fused-ring (bicyclic) bond motifs is 1. The minimum Gasteiger partial charge on any atom is -0.487 e. The van der Waals surface area contributed by atoms with E-state index in [1.807, 2.05) is 18.2 Å². The molecule has 21 heavy (non-hydrogen) atoms. The first-order valence-corrected chi connectivity index (χ1v) is 7.73. The van der Waals surface area contributed by atoms with Crippen LogP contribution in [0.4, 0.5) is 10.1 Å². The van der Waals surface area contributed by atoms with Crippen LogP contribution in [0.1, 0.15) is 31.9 Å². The lowest BCUT2D eigenvalue weighted by molar-refractivity contribution is 0.0759. The van der Waals surface area contributed by atoms with E-state index in [0.717, 1.165) is 27.9 Å². The minimum atomic E-state index is -0.250. The number of halogens is 2. The predicted octanol–water partition coefficient (Wildman–Crippen LogP) is 5.30. The van der Waals surface area contributed by atoms with Gasteiger partial charge in [-0.25, -0.2) is 4.39 Å². The van der Waals surface area contributed by atoms with E-state index in [4.69, 9.17) is 4.74 Å². The molecule has 1 atom stereocenters. The van der Waals surface area contributed by atoms with Crippen LogP contribution in [0.2, 0.25) is 0 Å². The first kappa shape index (κ1) is 14.4. The zero-order chi connectivity index (χ0) is 15.0. The molecule has 0 aliphatic carbocycles. The molecule has 1 unspecified atom stereocenters. The summed E-state index contributed by atoms with van der Waals surface area (Å²) in [5, 5.41) is 3.49. The summed E-state index contributed by atoms with van der Waals surface area (Å²) in [6, 6.07) is 12.9. The van der Waals surface area contributed by atoms with Crippen molar-refractivity contribution >= 4 is 21.6 Å². The Hall–Kier alpha value is -1.55. The molecule has 1 aliphatic heterocycles. The van der Waals surface area contributed by atoms with Crippen LogP contribution in [-0.4, -0.2) is 5.60 Å². The molecule has 0 spiro atoms. The van der Waals surface area contributed by atoms with Gasteiger partial charge in [-0.3, -0.25) is 0 Å². The van der Waals surface area contributed by atoms with E-state index in [1.165, 1.54) is 12.1 Å². The second-order valence-electron chi connectivity index (χ2n) is 5.92. The summed E-state index contributed by atoms with van der Waals surface area (Å²) in [6.45, 7) is 4.16. The fourth-order valence-corrected chi connectivity index (χ4v) is 3.19. The Morgan fingerprint density at radius 1 is 1.24 bits per heavy atom. The highest BCUT2D eigenvalue weighted by molar-refractivity contribution is 9.10. The number of para-hydroxylation sites is 1. The van der Waals surface area contributed by atoms with Gasteiger partial charge in [0, 0.05) is 22.1 Å². The average molecular weight is 350 g/mol. The maximum atomic E-state index is 13.2. The van der Waals surface area contributed by atoms with Crippen LogP contribution in [-0.2, 0) is 0 Å². The summed E-state index contributed by atoms with van der Waals surface area (Å²) in [5.74, 6) is 0.657. The number of rotatable bonds is 2. The molecule has 0 bridgehead atoms. The van der Waals surface area contributed by atoms with E-state index in [9.17, 15) is 4.39 Å². The number of anilines is 1. The molecule has 2 nitrogen and oxygen atoms in total. The highest BCUT2D eigenvalue weighted by Crippen LogP contribution is 2.41. The second-order valence-corrected chi connectivity index (χ2v) is 6.78. The smallest absolute Gasteiger partial charge is 0.125 e. The van der Waals surface area contributed by atoms with Crippen LogP contribution in [0.25, 0.3) is 0 Å². The van der Waals surface area contributed by atoms with E-state index < -0.39 is 0 Å². The largest absolute Gasteiger partial charge is 0.487 e. The van der Waals surface area contributed by atoms with Gasteiger partial charge in [0.25, 0.3) is 0 Å². The number of hydrogen-bond donors (Lipinski definition) is 1. The molecule has 3 rings (SSSR count). The molecule has 0 amide bonds. The molecule has 4 heteroatoms. The normalized spacial score (nSPS) is 19.5. The Kier molecular flexibility index (Phi) is 3.66. The average Bonchev–Trinajstić information content (AvgIpc) is 2.40. The van der Waals surface area contributed by atoms with Crippen molar-refractivity contribution in [3.63, 3.8) is 0 Å². The van der Waals surface area contributed by atoms with Gasteiger partial charge in [0.2, 0.25) is 0 Å². The topological polar surface area (TPSA) is 21.3 Å². The van der Waals surface area contributed by atoms with Crippen LogP contribution in [0.3, 0.4) is 0 Å². The van der Waals surface area contributed by atoms with Crippen LogP contribution < -0.4 is 10.1 Å². The third-order valence-electron chi connectivity index (χ3n) is 3.64. The molecule has 2 aromatic rings. The van der Waals surface area contributed by atoms with Crippen molar-refractivity contribution in [2.24, 2.45) is 0 Å². The van der Waals surface area contributed by atoms with E-state index in [0.29, 0.717) is 0 Å². The summed E-state index contributed by atoms with van der Waals surface area (Å²) in [5.41, 5.74) is 1.78. The highest BCUT2D eigenvalue weighted by atomic mass is 79.9. The van der Waals surface area contributed by atoms with E-state index in [2.05, 4.69) is 41.2 Å². The fraction of sp³-hybridized carbons (Fsp3) is 0.294. The molecule has 1 N–H and O–H groups in total. The predicted molar refractivity (Wildman–Crippen MR) is 86.2 cm³/mol. The monoisotopic (exact) mass is 349 g/mol. The summed E-state index contributed by atoms with van der Waals surface area (Å²) in [6.07, 6.45) is 0.841. The highest BCUT2D eigenvalue weighted by Gasteiger charge is 2.33. The molecular formula is C17H17BrFNO. The molecule has 0 fully saturated rings. The lowest BCUT2D eigenvalue weighted by Crippen LogP contribution is -2.37. The maximum absolute atomic E-state index is 13.2. The zero-order valence-electron chi connectivity index (χ0n) is 12.0.